The highest BCUT2D eigenvalue weighted by Crippen LogP contribution is 2.23. The second-order valence-electron chi connectivity index (χ2n) is 8.33. The minimum atomic E-state index is -0.358. The molecule has 0 aliphatic carbocycles. The maximum absolute atomic E-state index is 13.4. The maximum atomic E-state index is 13.4. The predicted molar refractivity (Wildman–Crippen MR) is 122 cm³/mol. The highest BCUT2D eigenvalue weighted by molar-refractivity contribution is 5.77. The number of hydrogen-bond donors (Lipinski definition) is 0. The molecule has 4 aromatic rings. The first-order chi connectivity index (χ1) is 15.5. The molecule has 1 fully saturated rings. The van der Waals surface area contributed by atoms with E-state index in [2.05, 4.69) is 4.98 Å². The summed E-state index contributed by atoms with van der Waals surface area (Å²) >= 11 is 0. The first-order valence-electron chi connectivity index (χ1n) is 10.9. The van der Waals surface area contributed by atoms with E-state index in [1.807, 2.05) is 50.2 Å². The van der Waals surface area contributed by atoms with Gasteiger partial charge in [0.1, 0.15) is 11.5 Å². The van der Waals surface area contributed by atoms with Crippen molar-refractivity contribution in [3.63, 3.8) is 0 Å². The molecule has 3 heterocycles. The molecule has 2 aromatic heterocycles. The zero-order chi connectivity index (χ0) is 22.2. The van der Waals surface area contributed by atoms with Gasteiger partial charge in [0.2, 0.25) is 5.89 Å². The lowest BCUT2D eigenvalue weighted by Crippen LogP contribution is -2.42. The Hall–Kier alpha value is -3.45. The molecule has 0 amide bonds. The molecule has 7 heteroatoms. The zero-order valence-electron chi connectivity index (χ0n) is 18.2. The number of fused-ring (bicyclic) bond motifs is 1. The van der Waals surface area contributed by atoms with Crippen LogP contribution in [0.25, 0.3) is 22.4 Å². The molecule has 7 nitrogen and oxygen atoms in total. The van der Waals surface area contributed by atoms with Gasteiger partial charge in [-0.05, 0) is 51.0 Å². The Morgan fingerprint density at radius 2 is 1.91 bits per heavy atom. The lowest BCUT2D eigenvalue weighted by Gasteiger charge is -2.16. The van der Waals surface area contributed by atoms with Crippen molar-refractivity contribution in [1.29, 1.82) is 0 Å². The standard InChI is InChI=1S/C25H25N3O4/c1-16-7-5-8-18(13-16)23-26-21(17(2)32-23)15-27-22-11-4-3-10-20(22)24(29)28(25(27)30)14-19-9-6-12-31-19/h3-5,7-8,10-11,13,19H,6,9,12,14-15H2,1-2H3/t19-/m1/s1. The van der Waals surface area contributed by atoms with E-state index in [9.17, 15) is 9.59 Å². The molecule has 1 aliphatic rings. The molecule has 0 saturated carbocycles. The van der Waals surface area contributed by atoms with E-state index < -0.39 is 0 Å². The molecular weight excluding hydrogens is 406 g/mol. The Morgan fingerprint density at radius 1 is 1.06 bits per heavy atom. The van der Waals surface area contributed by atoms with Crippen molar-refractivity contribution in [2.45, 2.75) is 45.9 Å². The van der Waals surface area contributed by atoms with E-state index in [1.54, 1.807) is 16.7 Å². The third kappa shape index (κ3) is 3.69. The normalized spacial score (nSPS) is 16.1. The molecule has 1 atom stereocenters. The van der Waals surface area contributed by atoms with Crippen LogP contribution in [0.3, 0.4) is 0 Å². The van der Waals surface area contributed by atoms with Crippen LogP contribution in [0.4, 0.5) is 0 Å². The molecule has 0 bridgehead atoms. The maximum Gasteiger partial charge on any atom is 0.331 e. The lowest BCUT2D eigenvalue weighted by molar-refractivity contribution is 0.0948. The summed E-state index contributed by atoms with van der Waals surface area (Å²) in [6.07, 6.45) is 1.68. The fraction of sp³-hybridized carbons (Fsp3) is 0.320. The van der Waals surface area contributed by atoms with Crippen molar-refractivity contribution in [3.05, 3.63) is 86.4 Å². The average molecular weight is 431 g/mol. The first-order valence-corrected chi connectivity index (χ1v) is 10.9. The van der Waals surface area contributed by atoms with Crippen LogP contribution in [0.5, 0.6) is 0 Å². The van der Waals surface area contributed by atoms with E-state index in [-0.39, 0.29) is 30.4 Å². The van der Waals surface area contributed by atoms with E-state index in [0.717, 1.165) is 24.0 Å². The Labute approximate surface area is 184 Å². The predicted octanol–water partition coefficient (Wildman–Crippen LogP) is 3.66. The summed E-state index contributed by atoms with van der Waals surface area (Å²) in [5.41, 5.74) is 2.61. The third-order valence-corrected chi connectivity index (χ3v) is 6.01. The van der Waals surface area contributed by atoms with Gasteiger partial charge in [0.05, 0.1) is 30.1 Å². The third-order valence-electron chi connectivity index (χ3n) is 6.01. The molecule has 0 N–H and O–H groups in total. The molecule has 32 heavy (non-hydrogen) atoms. The van der Waals surface area contributed by atoms with Crippen LogP contribution >= 0.6 is 0 Å². The van der Waals surface area contributed by atoms with E-state index in [0.29, 0.717) is 34.9 Å². The van der Waals surface area contributed by atoms with Crippen LogP contribution in [0.1, 0.15) is 29.9 Å². The van der Waals surface area contributed by atoms with Crippen LogP contribution in [-0.2, 0) is 17.8 Å². The quantitative estimate of drug-likeness (QED) is 0.482. The van der Waals surface area contributed by atoms with Gasteiger partial charge in [-0.15, -0.1) is 0 Å². The summed E-state index contributed by atoms with van der Waals surface area (Å²) in [5, 5.41) is 0.505. The first kappa shape index (κ1) is 20.5. The van der Waals surface area contributed by atoms with Gasteiger partial charge in [-0.25, -0.2) is 9.78 Å². The Morgan fingerprint density at radius 3 is 2.69 bits per heavy atom. The summed E-state index contributed by atoms with van der Waals surface area (Å²) in [4.78, 5) is 31.2. The molecule has 2 aromatic carbocycles. The molecule has 164 valence electrons. The fourth-order valence-electron chi connectivity index (χ4n) is 4.30. The number of aryl methyl sites for hydroxylation is 2. The zero-order valence-corrected chi connectivity index (χ0v) is 18.2. The van der Waals surface area contributed by atoms with Crippen molar-refractivity contribution in [1.82, 2.24) is 14.1 Å². The number of nitrogens with zero attached hydrogens (tertiary/aromatic N) is 3. The molecule has 5 rings (SSSR count). The minimum Gasteiger partial charge on any atom is -0.441 e. The molecule has 1 saturated heterocycles. The van der Waals surface area contributed by atoms with Gasteiger partial charge in [0.25, 0.3) is 5.56 Å². The number of oxazole rings is 1. The van der Waals surface area contributed by atoms with Gasteiger partial charge in [0.15, 0.2) is 0 Å². The second-order valence-corrected chi connectivity index (χ2v) is 8.33. The van der Waals surface area contributed by atoms with Crippen LogP contribution in [0.15, 0.2) is 62.5 Å². The average Bonchev–Trinajstić information content (AvgIpc) is 3.44. The van der Waals surface area contributed by atoms with Crippen LogP contribution < -0.4 is 11.2 Å². The number of aromatic nitrogens is 3. The summed E-state index contributed by atoms with van der Waals surface area (Å²) < 4.78 is 14.5. The number of hydrogen-bond acceptors (Lipinski definition) is 5. The largest absolute Gasteiger partial charge is 0.441 e. The summed E-state index contributed by atoms with van der Waals surface area (Å²) in [7, 11) is 0. The van der Waals surface area contributed by atoms with Gasteiger partial charge in [-0.3, -0.25) is 13.9 Å². The second kappa shape index (κ2) is 8.24. The number of para-hydroxylation sites is 1. The van der Waals surface area contributed by atoms with Crippen LogP contribution in [0.2, 0.25) is 0 Å². The van der Waals surface area contributed by atoms with E-state index in [1.165, 1.54) is 4.57 Å². The van der Waals surface area contributed by atoms with Crippen LogP contribution in [-0.4, -0.2) is 26.8 Å². The minimum absolute atomic E-state index is 0.114. The van der Waals surface area contributed by atoms with Crippen LogP contribution in [0, 0.1) is 13.8 Å². The fourth-order valence-corrected chi connectivity index (χ4v) is 4.30. The van der Waals surface area contributed by atoms with Gasteiger partial charge in [-0.2, -0.15) is 0 Å². The molecular formula is C25H25N3O4. The van der Waals surface area contributed by atoms with Crippen molar-refractivity contribution in [3.8, 4) is 11.5 Å². The van der Waals surface area contributed by atoms with Gasteiger partial charge >= 0.3 is 5.69 Å². The van der Waals surface area contributed by atoms with Crippen molar-refractivity contribution < 1.29 is 9.15 Å². The monoisotopic (exact) mass is 431 g/mol. The van der Waals surface area contributed by atoms with E-state index >= 15 is 0 Å². The highest BCUT2D eigenvalue weighted by Gasteiger charge is 2.21. The topological polar surface area (TPSA) is 79.3 Å². The molecule has 0 spiro atoms. The molecule has 0 unspecified atom stereocenters. The highest BCUT2D eigenvalue weighted by atomic mass is 16.5. The Bertz CT molecular complexity index is 1410. The summed E-state index contributed by atoms with van der Waals surface area (Å²) in [5.74, 6) is 1.17. The lowest BCUT2D eigenvalue weighted by atomic mass is 10.1. The Kier molecular flexibility index (Phi) is 5.27. The summed E-state index contributed by atoms with van der Waals surface area (Å²) in [6, 6.07) is 15.1. The van der Waals surface area contributed by atoms with Gasteiger partial charge < -0.3 is 9.15 Å². The Balaban J connectivity index is 1.60. The van der Waals surface area contributed by atoms with Crippen molar-refractivity contribution in [2.24, 2.45) is 0 Å². The molecule has 0 radical (unpaired) electrons. The summed E-state index contributed by atoms with van der Waals surface area (Å²) in [6.45, 7) is 5.00. The van der Waals surface area contributed by atoms with Gasteiger partial charge in [0, 0.05) is 12.2 Å². The smallest absolute Gasteiger partial charge is 0.331 e. The number of ether oxygens (including phenoxy) is 1. The van der Waals surface area contributed by atoms with E-state index in [4.69, 9.17) is 9.15 Å². The number of rotatable bonds is 5. The van der Waals surface area contributed by atoms with Gasteiger partial charge in [-0.1, -0.05) is 29.8 Å². The van der Waals surface area contributed by atoms with Crippen molar-refractivity contribution >= 4 is 10.9 Å². The SMILES string of the molecule is Cc1cccc(-c2nc(Cn3c(=O)n(C[C@H]4CCCO4)c(=O)c4ccccc43)c(C)o2)c1. The molecule has 1 aliphatic heterocycles. The number of benzene rings is 2. The van der Waals surface area contributed by atoms with Crippen molar-refractivity contribution in [2.75, 3.05) is 6.61 Å².